The van der Waals surface area contributed by atoms with Gasteiger partial charge < -0.3 is 10.0 Å². The maximum atomic E-state index is 16.0. The Morgan fingerprint density at radius 1 is 0.941 bits per heavy atom. The van der Waals surface area contributed by atoms with E-state index in [1.807, 2.05) is 0 Å². The second-order valence-electron chi connectivity index (χ2n) is 8.48. The normalized spacial score (nSPS) is 15.9. The van der Waals surface area contributed by atoms with Gasteiger partial charge in [0.15, 0.2) is 11.5 Å². The van der Waals surface area contributed by atoms with E-state index in [0.717, 1.165) is 23.3 Å². The van der Waals surface area contributed by atoms with Crippen molar-refractivity contribution in [2.24, 2.45) is 0 Å². The fourth-order valence-corrected chi connectivity index (χ4v) is 4.48. The molecule has 3 aromatic carbocycles. The first-order valence-corrected chi connectivity index (χ1v) is 10.5. The van der Waals surface area contributed by atoms with Crippen molar-refractivity contribution in [3.05, 3.63) is 105 Å². The van der Waals surface area contributed by atoms with Crippen molar-refractivity contribution in [3.63, 3.8) is 0 Å². The molecular weight excluding hydrogens is 449 g/mol. The van der Waals surface area contributed by atoms with Crippen molar-refractivity contribution in [1.29, 1.82) is 0 Å². The van der Waals surface area contributed by atoms with Crippen LogP contribution in [0.4, 0.5) is 24.5 Å². The molecule has 176 valence electrons. The molecule has 1 fully saturated rings. The Kier molecular flexibility index (Phi) is 6.03. The summed E-state index contributed by atoms with van der Waals surface area (Å²) in [5.74, 6) is -6.01. The molecule has 0 saturated heterocycles. The van der Waals surface area contributed by atoms with E-state index in [9.17, 15) is 28.8 Å². The van der Waals surface area contributed by atoms with Gasteiger partial charge >= 0.3 is 5.97 Å². The van der Waals surface area contributed by atoms with Crippen molar-refractivity contribution >= 4 is 17.3 Å². The molecule has 1 aliphatic carbocycles. The van der Waals surface area contributed by atoms with E-state index >= 15 is 4.39 Å². The lowest BCUT2D eigenvalue weighted by atomic mass is 9.61. The fraction of sp³-hybridized carbons (Fsp3) is 0.240. The zero-order valence-corrected chi connectivity index (χ0v) is 18.0. The third kappa shape index (κ3) is 4.33. The van der Waals surface area contributed by atoms with Gasteiger partial charge in [-0.3, -0.25) is 14.9 Å². The molecule has 0 atom stereocenters. The van der Waals surface area contributed by atoms with Crippen molar-refractivity contribution in [1.82, 2.24) is 0 Å². The second kappa shape index (κ2) is 8.81. The molecule has 0 aromatic heterocycles. The van der Waals surface area contributed by atoms with Crippen LogP contribution in [-0.4, -0.2) is 21.9 Å². The summed E-state index contributed by atoms with van der Waals surface area (Å²) in [6.45, 7) is 0.153. The Balaban J connectivity index is 1.87. The number of hydrogen-bond donors (Lipinski definition) is 1. The van der Waals surface area contributed by atoms with Crippen LogP contribution in [0.1, 0.15) is 29.5 Å². The van der Waals surface area contributed by atoms with Crippen LogP contribution >= 0.6 is 0 Å². The predicted octanol–water partition coefficient (Wildman–Crippen LogP) is 5.69. The molecule has 0 spiro atoms. The smallest absolute Gasteiger partial charge is 0.314 e. The van der Waals surface area contributed by atoms with Crippen molar-refractivity contribution in [2.45, 2.75) is 37.3 Å². The van der Waals surface area contributed by atoms with Gasteiger partial charge in [0.1, 0.15) is 5.41 Å². The Bertz CT molecular complexity index is 1170. The van der Waals surface area contributed by atoms with Crippen LogP contribution < -0.4 is 4.90 Å². The number of carboxylic acid groups (broad SMARTS) is 1. The van der Waals surface area contributed by atoms with Gasteiger partial charge in [-0.25, -0.2) is 13.2 Å². The van der Waals surface area contributed by atoms with Gasteiger partial charge in [-0.1, -0.05) is 60.7 Å². The average molecular weight is 470 g/mol. The van der Waals surface area contributed by atoms with Gasteiger partial charge in [0.2, 0.25) is 0 Å². The number of benzene rings is 3. The van der Waals surface area contributed by atoms with Gasteiger partial charge in [-0.05, 0) is 17.2 Å². The number of hydrogen-bond acceptors (Lipinski definition) is 4. The lowest BCUT2D eigenvalue weighted by Gasteiger charge is -2.44. The molecule has 4 rings (SSSR count). The Morgan fingerprint density at radius 2 is 1.44 bits per heavy atom. The van der Waals surface area contributed by atoms with Gasteiger partial charge in [-0.2, -0.15) is 0 Å². The van der Waals surface area contributed by atoms with Gasteiger partial charge in [0, 0.05) is 37.6 Å². The van der Waals surface area contributed by atoms with Crippen LogP contribution in [0.5, 0.6) is 0 Å². The molecular formula is C25H21F3N2O4. The molecule has 34 heavy (non-hydrogen) atoms. The van der Waals surface area contributed by atoms with E-state index in [0.29, 0.717) is 0 Å². The van der Waals surface area contributed by atoms with Gasteiger partial charge in [0.25, 0.3) is 11.6 Å². The van der Waals surface area contributed by atoms with Crippen LogP contribution in [0.15, 0.2) is 72.8 Å². The lowest BCUT2D eigenvalue weighted by Crippen LogP contribution is -2.55. The number of halogens is 3. The molecule has 0 unspecified atom stereocenters. The van der Waals surface area contributed by atoms with E-state index in [1.54, 1.807) is 60.7 Å². The molecule has 0 aliphatic heterocycles. The molecule has 0 bridgehead atoms. The number of anilines is 1. The highest BCUT2D eigenvalue weighted by molar-refractivity contribution is 5.85. The highest BCUT2D eigenvalue weighted by Gasteiger charge is 2.63. The van der Waals surface area contributed by atoms with Crippen molar-refractivity contribution in [3.8, 4) is 0 Å². The molecule has 6 nitrogen and oxygen atoms in total. The second-order valence-corrected chi connectivity index (χ2v) is 8.48. The number of rotatable bonds is 8. The number of nitrogens with zero attached hydrogens (tertiary/aromatic N) is 2. The summed E-state index contributed by atoms with van der Waals surface area (Å²) in [6.07, 6.45) is -2.14. The molecule has 0 radical (unpaired) electrons. The van der Waals surface area contributed by atoms with Crippen molar-refractivity contribution in [2.75, 3.05) is 4.90 Å². The van der Waals surface area contributed by atoms with Gasteiger partial charge in [-0.15, -0.1) is 0 Å². The summed E-state index contributed by atoms with van der Waals surface area (Å²) >= 11 is 0. The molecule has 1 N–H and O–H groups in total. The molecule has 0 amide bonds. The molecule has 9 heteroatoms. The largest absolute Gasteiger partial charge is 0.481 e. The van der Waals surface area contributed by atoms with Crippen LogP contribution in [0.25, 0.3) is 0 Å². The zero-order valence-electron chi connectivity index (χ0n) is 18.0. The summed E-state index contributed by atoms with van der Waals surface area (Å²) < 4.78 is 43.5. The first kappa shape index (κ1) is 23.3. The number of carbonyl (C=O) groups is 1. The highest BCUT2D eigenvalue weighted by Crippen LogP contribution is 2.55. The Morgan fingerprint density at radius 3 is 1.85 bits per heavy atom. The minimum Gasteiger partial charge on any atom is -0.481 e. The lowest BCUT2D eigenvalue weighted by molar-refractivity contribution is -0.384. The molecule has 0 heterocycles. The fourth-order valence-electron chi connectivity index (χ4n) is 4.48. The van der Waals surface area contributed by atoms with Gasteiger partial charge in [0.05, 0.1) is 4.92 Å². The first-order chi connectivity index (χ1) is 16.1. The van der Waals surface area contributed by atoms with Crippen LogP contribution in [0, 0.1) is 15.9 Å². The first-order valence-electron chi connectivity index (χ1n) is 10.5. The third-order valence-electron chi connectivity index (χ3n) is 6.09. The number of aliphatic carboxylic acids is 1. The number of carboxylic acids is 1. The number of alkyl halides is 2. The SMILES string of the molecule is O=C(O)C1(c2ccc([N+](=O)[O-])c(N(Cc3ccccc3)Cc3ccccc3)c2F)CC(F)(F)C1. The maximum Gasteiger partial charge on any atom is 0.314 e. The van der Waals surface area contributed by atoms with E-state index in [1.165, 1.54) is 4.90 Å². The molecule has 1 saturated carbocycles. The minimum absolute atomic E-state index is 0.0766. The average Bonchev–Trinajstić information content (AvgIpc) is 2.77. The quantitative estimate of drug-likeness (QED) is 0.338. The van der Waals surface area contributed by atoms with Crippen molar-refractivity contribution < 1.29 is 28.0 Å². The summed E-state index contributed by atoms with van der Waals surface area (Å²) in [6, 6.07) is 19.7. The number of nitro groups is 1. The maximum absolute atomic E-state index is 16.0. The Labute approximate surface area is 193 Å². The standard InChI is InChI=1S/C25H21F3N2O4/c26-21-19(24(23(31)32)15-25(27,28)16-24)11-12-20(30(33)34)22(21)29(13-17-7-3-1-4-8-17)14-18-9-5-2-6-10-18/h1-12H,13-16H2,(H,31,32). The summed E-state index contributed by atoms with van der Waals surface area (Å²) in [5.41, 5.74) is -2.15. The van der Waals surface area contributed by atoms with E-state index in [4.69, 9.17) is 0 Å². The van der Waals surface area contributed by atoms with Crippen LogP contribution in [0.2, 0.25) is 0 Å². The van der Waals surface area contributed by atoms with Crippen LogP contribution in [-0.2, 0) is 23.3 Å². The summed E-state index contributed by atoms with van der Waals surface area (Å²) in [7, 11) is 0. The summed E-state index contributed by atoms with van der Waals surface area (Å²) in [5, 5.41) is 21.6. The molecule has 1 aliphatic rings. The third-order valence-corrected chi connectivity index (χ3v) is 6.09. The monoisotopic (exact) mass is 470 g/mol. The summed E-state index contributed by atoms with van der Waals surface area (Å²) in [4.78, 5) is 24.5. The van der Waals surface area contributed by atoms with E-state index in [2.05, 4.69) is 0 Å². The highest BCUT2D eigenvalue weighted by atomic mass is 19.3. The topological polar surface area (TPSA) is 83.7 Å². The Hall–Kier alpha value is -3.88. The van der Waals surface area contributed by atoms with E-state index < -0.39 is 57.8 Å². The number of nitro benzene ring substituents is 1. The molecule has 3 aromatic rings. The van der Waals surface area contributed by atoms with Crippen LogP contribution in [0.3, 0.4) is 0 Å². The minimum atomic E-state index is -3.25. The zero-order chi connectivity index (χ0) is 24.5. The van der Waals surface area contributed by atoms with E-state index in [-0.39, 0.29) is 13.1 Å². The predicted molar refractivity (Wildman–Crippen MR) is 119 cm³/mol.